The van der Waals surface area contributed by atoms with E-state index in [0.717, 1.165) is 21.3 Å². The minimum absolute atomic E-state index is 0.656. The maximum atomic E-state index is 5.45. The van der Waals surface area contributed by atoms with E-state index < -0.39 is 0 Å². The number of nitrogens with zero attached hydrogens (tertiary/aromatic N) is 4. The van der Waals surface area contributed by atoms with Crippen molar-refractivity contribution in [2.45, 2.75) is 30.8 Å². The topological polar surface area (TPSA) is 81.6 Å². The average Bonchev–Trinajstić information content (AvgIpc) is 2.62. The first-order chi connectivity index (χ1) is 8.51. The van der Waals surface area contributed by atoms with Gasteiger partial charge in [-0.25, -0.2) is 15.8 Å². The quantitative estimate of drug-likeness (QED) is 0.497. The summed E-state index contributed by atoms with van der Waals surface area (Å²) in [4.78, 5) is 8.68. The lowest BCUT2D eigenvalue weighted by Crippen LogP contribution is -2.12. The van der Waals surface area contributed by atoms with Crippen molar-refractivity contribution in [2.24, 2.45) is 12.9 Å². The van der Waals surface area contributed by atoms with Crippen LogP contribution in [0.25, 0.3) is 0 Å². The molecule has 0 radical (unpaired) electrons. The van der Waals surface area contributed by atoms with E-state index in [9.17, 15) is 0 Å². The van der Waals surface area contributed by atoms with Gasteiger partial charge in [-0.15, -0.1) is 0 Å². The minimum Gasteiger partial charge on any atom is -0.308 e. The van der Waals surface area contributed by atoms with Crippen LogP contribution >= 0.6 is 11.8 Å². The Labute approximate surface area is 110 Å². The summed E-state index contributed by atoms with van der Waals surface area (Å²) in [5, 5.41) is 6.24. The summed E-state index contributed by atoms with van der Waals surface area (Å²) >= 11 is 1.56. The Morgan fingerprint density at radius 2 is 2.00 bits per heavy atom. The molecule has 0 aliphatic rings. The highest BCUT2D eigenvalue weighted by Gasteiger charge is 2.12. The van der Waals surface area contributed by atoms with Crippen LogP contribution in [0.1, 0.15) is 17.1 Å². The Morgan fingerprint density at radius 3 is 2.56 bits per heavy atom. The lowest BCUT2D eigenvalue weighted by molar-refractivity contribution is 0.691. The van der Waals surface area contributed by atoms with Crippen LogP contribution in [0.2, 0.25) is 0 Å². The summed E-state index contributed by atoms with van der Waals surface area (Å²) in [5.41, 5.74) is 4.52. The highest BCUT2D eigenvalue weighted by molar-refractivity contribution is 7.99. The Morgan fingerprint density at radius 1 is 1.28 bits per heavy atom. The van der Waals surface area contributed by atoms with Crippen molar-refractivity contribution in [3.05, 3.63) is 23.1 Å². The van der Waals surface area contributed by atoms with Gasteiger partial charge in [-0.05, 0) is 38.6 Å². The number of hydrogen-bond acceptors (Lipinski definition) is 6. The first-order valence-electron chi connectivity index (χ1n) is 5.51. The number of aromatic nitrogens is 4. The number of hydrazine groups is 1. The molecule has 0 saturated heterocycles. The van der Waals surface area contributed by atoms with Crippen molar-refractivity contribution in [1.82, 2.24) is 19.7 Å². The molecule has 0 fully saturated rings. The Bertz CT molecular complexity index is 577. The molecule has 0 bridgehead atoms. The van der Waals surface area contributed by atoms with E-state index in [1.54, 1.807) is 11.8 Å². The fourth-order valence-corrected chi connectivity index (χ4v) is 2.65. The summed E-state index contributed by atoms with van der Waals surface area (Å²) < 4.78 is 1.84. The summed E-state index contributed by atoms with van der Waals surface area (Å²) in [6.07, 6.45) is 0. The van der Waals surface area contributed by atoms with Crippen molar-refractivity contribution in [3.8, 4) is 0 Å². The normalized spacial score (nSPS) is 10.7. The van der Waals surface area contributed by atoms with Gasteiger partial charge < -0.3 is 5.43 Å². The fourth-order valence-electron chi connectivity index (χ4n) is 1.62. The standard InChI is InChI=1S/C11H16N6S/c1-6-5-9(17(4)16-6)18-11-7(2)10(15-12)13-8(3)14-11/h5H,12H2,1-4H3,(H,13,14,15). The fraction of sp³-hybridized carbons (Fsp3) is 0.364. The molecule has 2 aromatic rings. The lowest BCUT2D eigenvalue weighted by atomic mass is 10.3. The number of aryl methyl sites for hydroxylation is 3. The number of rotatable bonds is 3. The largest absolute Gasteiger partial charge is 0.308 e. The molecule has 0 spiro atoms. The van der Waals surface area contributed by atoms with Crippen molar-refractivity contribution >= 4 is 17.6 Å². The molecular weight excluding hydrogens is 248 g/mol. The van der Waals surface area contributed by atoms with Crippen LogP contribution in [-0.4, -0.2) is 19.7 Å². The van der Waals surface area contributed by atoms with Crippen LogP contribution in [0.5, 0.6) is 0 Å². The van der Waals surface area contributed by atoms with Crippen LogP contribution in [-0.2, 0) is 7.05 Å². The van der Waals surface area contributed by atoms with E-state index in [1.165, 1.54) is 0 Å². The van der Waals surface area contributed by atoms with E-state index >= 15 is 0 Å². The molecule has 0 aliphatic heterocycles. The molecule has 7 heteroatoms. The minimum atomic E-state index is 0.656. The van der Waals surface area contributed by atoms with Gasteiger partial charge in [0.05, 0.1) is 5.69 Å². The van der Waals surface area contributed by atoms with Crippen molar-refractivity contribution in [1.29, 1.82) is 0 Å². The van der Waals surface area contributed by atoms with Gasteiger partial charge in [0.1, 0.15) is 21.7 Å². The maximum absolute atomic E-state index is 5.45. The third kappa shape index (κ3) is 2.46. The van der Waals surface area contributed by atoms with Crippen LogP contribution in [0.4, 0.5) is 5.82 Å². The smallest absolute Gasteiger partial charge is 0.147 e. The van der Waals surface area contributed by atoms with Crippen molar-refractivity contribution in [3.63, 3.8) is 0 Å². The zero-order chi connectivity index (χ0) is 13.3. The molecule has 0 amide bonds. The molecule has 2 rings (SSSR count). The summed E-state index contributed by atoms with van der Waals surface area (Å²) in [5.74, 6) is 6.79. The van der Waals surface area contributed by atoms with Gasteiger partial charge in [0.2, 0.25) is 0 Å². The predicted octanol–water partition coefficient (Wildman–Crippen LogP) is 1.57. The Balaban J connectivity index is 2.40. The van der Waals surface area contributed by atoms with Gasteiger partial charge in [-0.3, -0.25) is 4.68 Å². The van der Waals surface area contributed by atoms with E-state index in [-0.39, 0.29) is 0 Å². The number of nitrogens with one attached hydrogen (secondary N) is 1. The van der Waals surface area contributed by atoms with Gasteiger partial charge >= 0.3 is 0 Å². The average molecular weight is 264 g/mol. The van der Waals surface area contributed by atoms with E-state index in [2.05, 4.69) is 20.5 Å². The molecule has 96 valence electrons. The number of nitrogens with two attached hydrogens (primary N) is 1. The molecule has 2 heterocycles. The zero-order valence-corrected chi connectivity index (χ0v) is 11.7. The van der Waals surface area contributed by atoms with Gasteiger partial charge in [-0.2, -0.15) is 5.10 Å². The van der Waals surface area contributed by atoms with Crippen LogP contribution in [0.15, 0.2) is 16.1 Å². The molecule has 0 atom stereocenters. The Kier molecular flexibility index (Phi) is 3.53. The molecule has 2 aromatic heterocycles. The van der Waals surface area contributed by atoms with Gasteiger partial charge in [-0.1, -0.05) is 0 Å². The summed E-state index contributed by atoms with van der Waals surface area (Å²) in [6.45, 7) is 5.76. The van der Waals surface area contributed by atoms with E-state index in [1.807, 2.05) is 38.6 Å². The SMILES string of the molecule is Cc1cc(Sc2nc(C)nc(NN)c2C)n(C)n1. The van der Waals surface area contributed by atoms with Crippen LogP contribution < -0.4 is 11.3 Å². The van der Waals surface area contributed by atoms with Gasteiger partial charge in [0.15, 0.2) is 0 Å². The lowest BCUT2D eigenvalue weighted by Gasteiger charge is -2.09. The van der Waals surface area contributed by atoms with Gasteiger partial charge in [0.25, 0.3) is 0 Å². The molecule has 0 aliphatic carbocycles. The first-order valence-corrected chi connectivity index (χ1v) is 6.33. The number of nitrogen functional groups attached to an aromatic ring is 1. The molecule has 0 unspecified atom stereocenters. The Hall–Kier alpha value is -1.60. The monoisotopic (exact) mass is 264 g/mol. The van der Waals surface area contributed by atoms with Crippen molar-refractivity contribution in [2.75, 3.05) is 5.43 Å². The van der Waals surface area contributed by atoms with Crippen molar-refractivity contribution < 1.29 is 0 Å². The summed E-state index contributed by atoms with van der Waals surface area (Å²) in [6, 6.07) is 2.02. The van der Waals surface area contributed by atoms with E-state index in [0.29, 0.717) is 11.6 Å². The zero-order valence-electron chi connectivity index (χ0n) is 10.9. The second kappa shape index (κ2) is 4.95. The van der Waals surface area contributed by atoms with Gasteiger partial charge in [0, 0.05) is 12.6 Å². The predicted molar refractivity (Wildman–Crippen MR) is 71.4 cm³/mol. The highest BCUT2D eigenvalue weighted by atomic mass is 32.2. The molecule has 3 N–H and O–H groups in total. The second-order valence-electron chi connectivity index (χ2n) is 4.04. The van der Waals surface area contributed by atoms with E-state index in [4.69, 9.17) is 5.84 Å². The summed E-state index contributed by atoms with van der Waals surface area (Å²) in [7, 11) is 1.92. The highest BCUT2D eigenvalue weighted by Crippen LogP contribution is 2.31. The third-order valence-corrected chi connectivity index (χ3v) is 3.69. The first kappa shape index (κ1) is 12.8. The number of anilines is 1. The van der Waals surface area contributed by atoms with Crippen LogP contribution in [0.3, 0.4) is 0 Å². The maximum Gasteiger partial charge on any atom is 0.147 e. The molecular formula is C11H16N6S. The second-order valence-corrected chi connectivity index (χ2v) is 5.05. The molecule has 18 heavy (non-hydrogen) atoms. The molecule has 6 nitrogen and oxygen atoms in total. The van der Waals surface area contributed by atoms with Crippen LogP contribution in [0, 0.1) is 20.8 Å². The molecule has 0 saturated carbocycles. The molecule has 0 aromatic carbocycles. The third-order valence-electron chi connectivity index (χ3n) is 2.51. The number of hydrogen-bond donors (Lipinski definition) is 2.